The molecule has 1 unspecified atom stereocenters. The third kappa shape index (κ3) is 7.34. The van der Waals surface area contributed by atoms with Crippen molar-refractivity contribution in [2.24, 2.45) is 0 Å². The minimum atomic E-state index is -3.36. The molecule has 0 fully saturated rings. The molecule has 0 heterocycles. The van der Waals surface area contributed by atoms with Gasteiger partial charge in [0, 0.05) is 19.2 Å². The third-order valence-electron chi connectivity index (χ3n) is 4.59. The fourth-order valence-electron chi connectivity index (χ4n) is 2.90. The molecule has 6 heteroatoms. The van der Waals surface area contributed by atoms with Crippen molar-refractivity contribution in [1.82, 2.24) is 4.90 Å². The Labute approximate surface area is 153 Å². The summed E-state index contributed by atoms with van der Waals surface area (Å²) in [5, 5.41) is 10.7. The van der Waals surface area contributed by atoms with Crippen LogP contribution in [0, 0.1) is 0 Å². The number of hydrogen-bond donors (Lipinski definition) is 1. The molecule has 1 rings (SSSR count). The first-order chi connectivity index (χ1) is 11.8. The van der Waals surface area contributed by atoms with Crippen LogP contribution in [0.2, 0.25) is 0 Å². The molecule has 0 amide bonds. The van der Waals surface area contributed by atoms with Crippen LogP contribution in [0.15, 0.2) is 24.3 Å². The maximum atomic E-state index is 11.8. The van der Waals surface area contributed by atoms with Crippen LogP contribution >= 0.6 is 0 Å². The van der Waals surface area contributed by atoms with Crippen LogP contribution in [-0.2, 0) is 10.0 Å². The molecular weight excluding hydrogens is 336 g/mol. The quantitative estimate of drug-likeness (QED) is 0.573. The summed E-state index contributed by atoms with van der Waals surface area (Å²) in [7, 11) is -1.84. The van der Waals surface area contributed by atoms with E-state index in [-0.39, 0.29) is 0 Å². The highest BCUT2D eigenvalue weighted by Crippen LogP contribution is 2.27. The molecule has 25 heavy (non-hydrogen) atoms. The number of sulfonamides is 1. The van der Waals surface area contributed by atoms with Gasteiger partial charge in [0.2, 0.25) is 10.0 Å². The molecule has 1 N–H and O–H groups in total. The molecule has 1 aromatic carbocycles. The predicted octanol–water partition coefficient (Wildman–Crippen LogP) is 3.41. The Morgan fingerprint density at radius 1 is 1.08 bits per heavy atom. The van der Waals surface area contributed by atoms with Crippen molar-refractivity contribution < 1.29 is 13.5 Å². The Morgan fingerprint density at radius 3 is 2.32 bits per heavy atom. The summed E-state index contributed by atoms with van der Waals surface area (Å²) in [6, 6.07) is 7.16. The number of likely N-dealkylation sites (N-methyl/N-ethyl adjacent to an activating group) is 1. The molecule has 0 radical (unpaired) electrons. The van der Waals surface area contributed by atoms with Crippen LogP contribution < -0.4 is 4.31 Å². The molecule has 0 saturated heterocycles. The summed E-state index contributed by atoms with van der Waals surface area (Å²) in [4.78, 5) is 2.23. The maximum Gasteiger partial charge on any atom is 0.232 e. The highest BCUT2D eigenvalue weighted by atomic mass is 32.2. The molecule has 0 aliphatic heterocycles. The van der Waals surface area contributed by atoms with Gasteiger partial charge in [-0.3, -0.25) is 4.31 Å². The molecular formula is C19H34N2O3S. The van der Waals surface area contributed by atoms with Crippen LogP contribution in [0.1, 0.15) is 57.6 Å². The van der Waals surface area contributed by atoms with Gasteiger partial charge in [0.1, 0.15) is 0 Å². The number of aliphatic hydroxyl groups is 1. The molecule has 0 bridgehead atoms. The number of para-hydroxylation sites is 1. The van der Waals surface area contributed by atoms with Gasteiger partial charge in [0.05, 0.1) is 18.0 Å². The number of unbranched alkanes of at least 4 members (excludes halogenated alkanes) is 4. The third-order valence-corrected chi connectivity index (χ3v) is 5.78. The number of anilines is 1. The van der Waals surface area contributed by atoms with Gasteiger partial charge in [-0.2, -0.15) is 0 Å². The highest BCUT2D eigenvalue weighted by Gasteiger charge is 2.21. The van der Waals surface area contributed by atoms with Gasteiger partial charge in [-0.15, -0.1) is 0 Å². The van der Waals surface area contributed by atoms with E-state index in [0.29, 0.717) is 17.8 Å². The summed E-state index contributed by atoms with van der Waals surface area (Å²) in [5.74, 6) is 0. The highest BCUT2D eigenvalue weighted by molar-refractivity contribution is 7.92. The Balaban J connectivity index is 2.74. The largest absolute Gasteiger partial charge is 0.387 e. The fourth-order valence-corrected chi connectivity index (χ4v) is 3.42. The lowest BCUT2D eigenvalue weighted by molar-refractivity contribution is 0.115. The molecule has 0 aliphatic carbocycles. The molecule has 0 saturated carbocycles. The topological polar surface area (TPSA) is 60.9 Å². The SMILES string of the molecule is CCCCCCCN(CC)CC(O)c1ccccc1N(C)S(C)(=O)=O. The summed E-state index contributed by atoms with van der Waals surface area (Å²) in [6.07, 6.45) is 6.58. The van der Waals surface area contributed by atoms with Gasteiger partial charge in [-0.25, -0.2) is 8.42 Å². The molecule has 0 aromatic heterocycles. The van der Waals surface area contributed by atoms with Gasteiger partial charge in [0.25, 0.3) is 0 Å². The second-order valence-electron chi connectivity index (χ2n) is 6.61. The Hall–Kier alpha value is -1.11. The number of aliphatic hydroxyl groups excluding tert-OH is 1. The molecule has 0 spiro atoms. The van der Waals surface area contributed by atoms with E-state index in [1.54, 1.807) is 18.2 Å². The smallest absolute Gasteiger partial charge is 0.232 e. The minimum Gasteiger partial charge on any atom is -0.387 e. The standard InChI is InChI=1S/C19H34N2O3S/c1-5-7-8-9-12-15-21(6-2)16-19(22)17-13-10-11-14-18(17)20(3)25(4,23)24/h10-11,13-14,19,22H,5-9,12,15-16H2,1-4H3. The summed E-state index contributed by atoms with van der Waals surface area (Å²) >= 11 is 0. The average Bonchev–Trinajstić information content (AvgIpc) is 2.58. The van der Waals surface area contributed by atoms with Gasteiger partial charge in [0.15, 0.2) is 0 Å². The first kappa shape index (κ1) is 21.9. The number of nitrogens with zero attached hydrogens (tertiary/aromatic N) is 2. The van der Waals surface area contributed by atoms with E-state index < -0.39 is 16.1 Å². The number of hydrogen-bond acceptors (Lipinski definition) is 4. The molecule has 5 nitrogen and oxygen atoms in total. The van der Waals surface area contributed by atoms with Gasteiger partial charge in [-0.05, 0) is 25.6 Å². The monoisotopic (exact) mass is 370 g/mol. The van der Waals surface area contributed by atoms with Crippen molar-refractivity contribution in [3.05, 3.63) is 29.8 Å². The van der Waals surface area contributed by atoms with E-state index in [0.717, 1.165) is 19.5 Å². The Bertz CT molecular complexity index is 604. The zero-order valence-corrected chi connectivity index (χ0v) is 16.9. The molecule has 0 aliphatic rings. The van der Waals surface area contributed by atoms with Gasteiger partial charge < -0.3 is 10.0 Å². The van der Waals surface area contributed by atoms with Crippen molar-refractivity contribution >= 4 is 15.7 Å². The first-order valence-electron chi connectivity index (χ1n) is 9.24. The summed E-state index contributed by atoms with van der Waals surface area (Å²) < 4.78 is 24.9. The lowest BCUT2D eigenvalue weighted by Gasteiger charge is -2.27. The van der Waals surface area contributed by atoms with Crippen molar-refractivity contribution in [2.75, 3.05) is 37.2 Å². The lowest BCUT2D eigenvalue weighted by Crippen LogP contribution is -2.31. The van der Waals surface area contributed by atoms with Crippen LogP contribution in [0.4, 0.5) is 5.69 Å². The number of rotatable bonds is 12. The lowest BCUT2D eigenvalue weighted by atomic mass is 10.1. The first-order valence-corrected chi connectivity index (χ1v) is 11.1. The van der Waals surface area contributed by atoms with Gasteiger partial charge in [-0.1, -0.05) is 57.7 Å². The minimum absolute atomic E-state index is 0.513. The van der Waals surface area contributed by atoms with Crippen molar-refractivity contribution in [3.8, 4) is 0 Å². The van der Waals surface area contributed by atoms with Crippen LogP contribution in [0.25, 0.3) is 0 Å². The molecule has 1 atom stereocenters. The van der Waals surface area contributed by atoms with Crippen LogP contribution in [0.5, 0.6) is 0 Å². The van der Waals surface area contributed by atoms with E-state index >= 15 is 0 Å². The zero-order chi connectivity index (χ0) is 18.9. The normalized spacial score (nSPS) is 13.2. The van der Waals surface area contributed by atoms with E-state index in [9.17, 15) is 13.5 Å². The maximum absolute atomic E-state index is 11.8. The summed E-state index contributed by atoms with van der Waals surface area (Å²) in [6.45, 7) is 6.64. The summed E-state index contributed by atoms with van der Waals surface area (Å²) in [5.41, 5.74) is 1.19. The van der Waals surface area contributed by atoms with Crippen molar-refractivity contribution in [1.29, 1.82) is 0 Å². The van der Waals surface area contributed by atoms with Crippen molar-refractivity contribution in [3.63, 3.8) is 0 Å². The van der Waals surface area contributed by atoms with E-state index in [4.69, 9.17) is 0 Å². The van der Waals surface area contributed by atoms with Crippen molar-refractivity contribution in [2.45, 2.75) is 52.1 Å². The Morgan fingerprint density at radius 2 is 1.72 bits per heavy atom. The van der Waals surface area contributed by atoms with Crippen LogP contribution in [0.3, 0.4) is 0 Å². The van der Waals surface area contributed by atoms with E-state index in [1.165, 1.54) is 43.3 Å². The zero-order valence-electron chi connectivity index (χ0n) is 16.1. The Kier molecular flexibility index (Phi) is 9.46. The molecule has 1 aromatic rings. The van der Waals surface area contributed by atoms with Gasteiger partial charge >= 0.3 is 0 Å². The average molecular weight is 371 g/mol. The second kappa shape index (κ2) is 10.8. The van der Waals surface area contributed by atoms with E-state index in [1.807, 2.05) is 6.07 Å². The predicted molar refractivity (Wildman–Crippen MR) is 106 cm³/mol. The van der Waals surface area contributed by atoms with E-state index in [2.05, 4.69) is 18.7 Å². The van der Waals surface area contributed by atoms with Crippen LogP contribution in [-0.4, -0.2) is 51.4 Å². The second-order valence-corrected chi connectivity index (χ2v) is 8.63. The fraction of sp³-hybridized carbons (Fsp3) is 0.684. The number of benzene rings is 1. The molecule has 144 valence electrons.